The molecule has 1 fully saturated rings. The number of hydrogen-bond acceptors (Lipinski definition) is 7. The fourth-order valence-electron chi connectivity index (χ4n) is 5.12. The number of nitrogens with zero attached hydrogens (tertiary/aromatic N) is 4. The van der Waals surface area contributed by atoms with Crippen molar-refractivity contribution in [3.63, 3.8) is 0 Å². The molecule has 42 heavy (non-hydrogen) atoms. The number of rotatable bonds is 8. The molecule has 0 saturated heterocycles. The average Bonchev–Trinajstić information content (AvgIpc) is 3.50. The zero-order chi connectivity index (χ0) is 29.7. The highest BCUT2D eigenvalue weighted by molar-refractivity contribution is 7.90. The van der Waals surface area contributed by atoms with Crippen molar-refractivity contribution < 1.29 is 18.0 Å². The summed E-state index contributed by atoms with van der Waals surface area (Å²) in [5, 5.41) is 18.6. The van der Waals surface area contributed by atoms with Crippen LogP contribution in [0.5, 0.6) is 0 Å². The molecule has 0 aliphatic heterocycles. The lowest BCUT2D eigenvalue weighted by Crippen LogP contribution is -2.34. The highest BCUT2D eigenvalue weighted by atomic mass is 32.2. The highest BCUT2D eigenvalue weighted by Crippen LogP contribution is 2.34. The van der Waals surface area contributed by atoms with Crippen LogP contribution < -0.4 is 15.5 Å². The number of carbonyl (C=O) groups is 2. The van der Waals surface area contributed by atoms with Gasteiger partial charge in [-0.2, -0.15) is 5.21 Å². The standard InChI is InChI=1S/C30H33N7O4S/c1-20-8-17-26(42(2,40)41)18-27(20)31-30(39)37(25-15-13-23(14-16-25)22-6-4-3-5-7-22)19-21-9-11-24(12-10-21)28(38)32-29-33-35-36-34-29/h8-18,22H,3-7,19H2,1-2H3,(H,31,39)(H2,32,33,34,35,36,38). The fourth-order valence-corrected chi connectivity index (χ4v) is 5.77. The molecule has 1 aliphatic carbocycles. The van der Waals surface area contributed by atoms with Gasteiger partial charge in [-0.3, -0.25) is 15.0 Å². The molecule has 3 amide bonds. The van der Waals surface area contributed by atoms with Gasteiger partial charge < -0.3 is 5.32 Å². The maximum Gasteiger partial charge on any atom is 0.326 e. The Balaban J connectivity index is 1.39. The third kappa shape index (κ3) is 7.00. The minimum Gasteiger partial charge on any atom is -0.307 e. The van der Waals surface area contributed by atoms with Crippen molar-refractivity contribution in [2.45, 2.75) is 56.4 Å². The van der Waals surface area contributed by atoms with E-state index in [9.17, 15) is 18.0 Å². The molecular formula is C30H33N7O4S. The van der Waals surface area contributed by atoms with Crippen molar-refractivity contribution in [2.75, 3.05) is 21.8 Å². The molecular weight excluding hydrogens is 554 g/mol. The zero-order valence-corrected chi connectivity index (χ0v) is 24.3. The van der Waals surface area contributed by atoms with Gasteiger partial charge in [0.2, 0.25) is 0 Å². The summed E-state index contributed by atoms with van der Waals surface area (Å²) in [6.07, 6.45) is 7.22. The lowest BCUT2D eigenvalue weighted by molar-refractivity contribution is 0.102. The Bertz CT molecular complexity index is 1650. The van der Waals surface area contributed by atoms with Crippen LogP contribution in [-0.2, 0) is 16.4 Å². The van der Waals surface area contributed by atoms with Crippen molar-refractivity contribution in [3.05, 3.63) is 89.0 Å². The van der Waals surface area contributed by atoms with E-state index < -0.39 is 21.8 Å². The number of aromatic nitrogens is 4. The van der Waals surface area contributed by atoms with Gasteiger partial charge in [0.1, 0.15) is 0 Å². The van der Waals surface area contributed by atoms with Crippen LogP contribution in [0.25, 0.3) is 0 Å². The first kappa shape index (κ1) is 28.9. The molecule has 0 unspecified atom stereocenters. The van der Waals surface area contributed by atoms with Crippen molar-refractivity contribution in [1.29, 1.82) is 0 Å². The molecule has 4 aromatic rings. The molecule has 0 atom stereocenters. The number of urea groups is 1. The number of H-pyrrole nitrogens is 1. The number of amides is 3. The van der Waals surface area contributed by atoms with E-state index in [1.807, 2.05) is 19.1 Å². The Hall–Kier alpha value is -4.58. The third-order valence-corrected chi connectivity index (χ3v) is 8.64. The van der Waals surface area contributed by atoms with E-state index in [-0.39, 0.29) is 17.4 Å². The van der Waals surface area contributed by atoms with Gasteiger partial charge in [-0.05, 0) is 84.0 Å². The molecule has 0 bridgehead atoms. The molecule has 0 radical (unpaired) electrons. The first-order chi connectivity index (χ1) is 20.2. The Labute approximate surface area is 244 Å². The largest absolute Gasteiger partial charge is 0.326 e. The number of aryl methyl sites for hydroxylation is 1. The van der Waals surface area contributed by atoms with E-state index in [1.54, 1.807) is 35.2 Å². The van der Waals surface area contributed by atoms with E-state index in [1.165, 1.54) is 49.8 Å². The number of anilines is 3. The molecule has 1 saturated carbocycles. The molecule has 3 aromatic carbocycles. The third-order valence-electron chi connectivity index (χ3n) is 7.53. The SMILES string of the molecule is Cc1ccc(S(C)(=O)=O)cc1NC(=O)N(Cc1ccc(C(=O)Nc2nn[nH]n2)cc1)c1ccc(C2CCCCC2)cc1. The molecule has 0 spiro atoms. The zero-order valence-electron chi connectivity index (χ0n) is 23.5. The Morgan fingerprint density at radius 2 is 1.67 bits per heavy atom. The van der Waals surface area contributed by atoms with Gasteiger partial charge in [0.05, 0.1) is 11.4 Å². The summed E-state index contributed by atoms with van der Waals surface area (Å²) in [6.45, 7) is 2.02. The van der Waals surface area contributed by atoms with E-state index in [0.717, 1.165) is 17.4 Å². The maximum atomic E-state index is 13.7. The highest BCUT2D eigenvalue weighted by Gasteiger charge is 2.21. The lowest BCUT2D eigenvalue weighted by atomic mass is 9.84. The monoisotopic (exact) mass is 587 g/mol. The lowest BCUT2D eigenvalue weighted by Gasteiger charge is -2.26. The maximum absolute atomic E-state index is 13.7. The first-order valence-electron chi connectivity index (χ1n) is 13.8. The number of benzene rings is 3. The van der Waals surface area contributed by atoms with Gasteiger partial charge >= 0.3 is 6.03 Å². The summed E-state index contributed by atoms with van der Waals surface area (Å²) < 4.78 is 24.3. The Morgan fingerprint density at radius 1 is 0.952 bits per heavy atom. The van der Waals surface area contributed by atoms with E-state index in [0.29, 0.717) is 22.9 Å². The van der Waals surface area contributed by atoms with Crippen LogP contribution in [0.2, 0.25) is 0 Å². The Morgan fingerprint density at radius 3 is 2.31 bits per heavy atom. The topological polar surface area (TPSA) is 150 Å². The van der Waals surface area contributed by atoms with E-state index in [4.69, 9.17) is 0 Å². The van der Waals surface area contributed by atoms with Crippen LogP contribution >= 0.6 is 0 Å². The minimum atomic E-state index is -3.45. The Kier molecular flexibility index (Phi) is 8.62. The number of sulfone groups is 1. The number of carbonyl (C=O) groups excluding carboxylic acids is 2. The smallest absolute Gasteiger partial charge is 0.307 e. The predicted molar refractivity (Wildman–Crippen MR) is 160 cm³/mol. The first-order valence-corrected chi connectivity index (χ1v) is 15.7. The number of aromatic amines is 1. The molecule has 11 nitrogen and oxygen atoms in total. The van der Waals surface area contributed by atoms with Crippen LogP contribution in [0.3, 0.4) is 0 Å². The van der Waals surface area contributed by atoms with Gasteiger partial charge in [-0.15, -0.1) is 5.10 Å². The van der Waals surface area contributed by atoms with Crippen molar-refractivity contribution in [1.82, 2.24) is 20.6 Å². The van der Waals surface area contributed by atoms with Gasteiger partial charge in [0.15, 0.2) is 9.84 Å². The van der Waals surface area contributed by atoms with Crippen LogP contribution in [0.1, 0.15) is 65.1 Å². The van der Waals surface area contributed by atoms with Crippen LogP contribution in [-0.4, -0.2) is 47.2 Å². The number of hydrogen-bond donors (Lipinski definition) is 3. The van der Waals surface area contributed by atoms with E-state index in [2.05, 4.69) is 43.4 Å². The fraction of sp³-hybridized carbons (Fsp3) is 0.300. The van der Waals surface area contributed by atoms with Gasteiger partial charge in [-0.25, -0.2) is 13.2 Å². The summed E-state index contributed by atoms with van der Waals surface area (Å²) in [6, 6.07) is 19.2. The van der Waals surface area contributed by atoms with Crippen LogP contribution in [0, 0.1) is 6.92 Å². The predicted octanol–water partition coefficient (Wildman–Crippen LogP) is 5.45. The molecule has 1 aromatic heterocycles. The molecule has 1 aliphatic rings. The van der Waals surface area contributed by atoms with Crippen LogP contribution in [0.4, 0.5) is 22.1 Å². The van der Waals surface area contributed by atoms with Crippen LogP contribution in [0.15, 0.2) is 71.6 Å². The molecule has 218 valence electrons. The normalized spacial score (nSPS) is 13.9. The molecule has 3 N–H and O–H groups in total. The quantitative estimate of drug-likeness (QED) is 0.248. The summed E-state index contributed by atoms with van der Waals surface area (Å²) >= 11 is 0. The summed E-state index contributed by atoms with van der Waals surface area (Å²) in [5.74, 6) is 0.207. The number of nitrogens with one attached hydrogen (secondary N) is 3. The molecule has 1 heterocycles. The second kappa shape index (κ2) is 12.5. The van der Waals surface area contributed by atoms with Crippen molar-refractivity contribution in [3.8, 4) is 0 Å². The number of tetrazole rings is 1. The molecule has 5 rings (SSSR count). The summed E-state index contributed by atoms with van der Waals surface area (Å²) in [5.41, 5.74) is 4.31. The van der Waals surface area contributed by atoms with E-state index >= 15 is 0 Å². The van der Waals surface area contributed by atoms with Gasteiger partial charge in [0, 0.05) is 23.2 Å². The van der Waals surface area contributed by atoms with Gasteiger partial charge in [-0.1, -0.05) is 54.7 Å². The second-order valence-electron chi connectivity index (χ2n) is 10.6. The molecule has 12 heteroatoms. The van der Waals surface area contributed by atoms with Gasteiger partial charge in [0.25, 0.3) is 11.9 Å². The second-order valence-corrected chi connectivity index (χ2v) is 12.6. The van der Waals surface area contributed by atoms with Crippen molar-refractivity contribution >= 4 is 39.1 Å². The van der Waals surface area contributed by atoms with Crippen molar-refractivity contribution in [2.24, 2.45) is 0 Å². The summed E-state index contributed by atoms with van der Waals surface area (Å²) in [7, 11) is -3.45. The average molecular weight is 588 g/mol. The minimum absolute atomic E-state index is 0.0684. The summed E-state index contributed by atoms with van der Waals surface area (Å²) in [4.78, 5) is 28.0.